The zero-order valence-electron chi connectivity index (χ0n) is 14.3. The molecular weight excluding hydrogens is 330 g/mol. The van der Waals surface area contributed by atoms with E-state index >= 15 is 0 Å². The van der Waals surface area contributed by atoms with E-state index in [0.29, 0.717) is 4.90 Å². The Kier molecular flexibility index (Phi) is 4.00. The van der Waals surface area contributed by atoms with Crippen molar-refractivity contribution in [2.45, 2.75) is 37.5 Å². The third-order valence-corrected chi connectivity index (χ3v) is 6.56. The van der Waals surface area contributed by atoms with E-state index in [2.05, 4.69) is 25.1 Å². The van der Waals surface area contributed by atoms with Crippen LogP contribution in [0.3, 0.4) is 0 Å². The lowest BCUT2D eigenvalue weighted by Gasteiger charge is -2.12. The molecule has 1 aliphatic carbocycles. The summed E-state index contributed by atoms with van der Waals surface area (Å²) in [5.74, 6) is 0. The van der Waals surface area contributed by atoms with Crippen LogP contribution in [0.1, 0.15) is 36.5 Å². The Morgan fingerprint density at radius 3 is 2.68 bits per heavy atom. The standard InChI is InChI=1S/C21H21NO2S/c1-2-3-8-16-15-17-9-7-12-19(17)21-20(16)13-14-22(21)25(23,24)18-10-5-4-6-11-18/h3-6,8,10-11,13-15H,2,7,9,12H2,1H3/b8-3+. The van der Waals surface area contributed by atoms with Crippen LogP contribution in [0.15, 0.2) is 59.6 Å². The molecule has 0 radical (unpaired) electrons. The van der Waals surface area contributed by atoms with Crippen LogP contribution in [0, 0.1) is 0 Å². The summed E-state index contributed by atoms with van der Waals surface area (Å²) in [6.45, 7) is 2.10. The second-order valence-corrected chi connectivity index (χ2v) is 8.27. The highest BCUT2D eigenvalue weighted by Crippen LogP contribution is 2.35. The fraction of sp³-hybridized carbons (Fsp3) is 0.238. The molecule has 3 nitrogen and oxygen atoms in total. The number of rotatable bonds is 4. The van der Waals surface area contributed by atoms with Crippen molar-refractivity contribution < 1.29 is 8.42 Å². The number of fused-ring (bicyclic) bond motifs is 3. The average molecular weight is 351 g/mol. The maximum absolute atomic E-state index is 13.2. The van der Waals surface area contributed by atoms with Crippen molar-refractivity contribution in [3.05, 3.63) is 71.4 Å². The number of hydrogen-bond donors (Lipinski definition) is 0. The van der Waals surface area contributed by atoms with Gasteiger partial charge in [0.2, 0.25) is 0 Å². The Morgan fingerprint density at radius 2 is 1.92 bits per heavy atom. The molecule has 1 heterocycles. The van der Waals surface area contributed by atoms with Crippen LogP contribution in [0.25, 0.3) is 17.0 Å². The average Bonchev–Trinajstić information content (AvgIpc) is 3.26. The molecule has 4 rings (SSSR count). The van der Waals surface area contributed by atoms with E-state index in [9.17, 15) is 8.42 Å². The van der Waals surface area contributed by atoms with Gasteiger partial charge in [0, 0.05) is 11.6 Å². The van der Waals surface area contributed by atoms with Crippen molar-refractivity contribution in [1.82, 2.24) is 3.97 Å². The number of nitrogens with zero attached hydrogens (tertiary/aromatic N) is 1. The molecule has 25 heavy (non-hydrogen) atoms. The van der Waals surface area contributed by atoms with Crippen molar-refractivity contribution in [3.63, 3.8) is 0 Å². The highest BCUT2D eigenvalue weighted by Gasteiger charge is 2.24. The smallest absolute Gasteiger partial charge is 0.241 e. The van der Waals surface area contributed by atoms with Gasteiger partial charge in [0.15, 0.2) is 0 Å². The molecule has 1 aromatic heterocycles. The lowest BCUT2D eigenvalue weighted by atomic mass is 10.0. The van der Waals surface area contributed by atoms with Crippen LogP contribution in [0.5, 0.6) is 0 Å². The molecular formula is C21H21NO2S. The third kappa shape index (κ3) is 2.61. The number of aromatic nitrogens is 1. The lowest BCUT2D eigenvalue weighted by Crippen LogP contribution is -2.12. The quantitative estimate of drug-likeness (QED) is 0.678. The second-order valence-electron chi connectivity index (χ2n) is 6.46. The van der Waals surface area contributed by atoms with Gasteiger partial charge in [-0.15, -0.1) is 0 Å². The first-order valence-electron chi connectivity index (χ1n) is 8.76. The summed E-state index contributed by atoms with van der Waals surface area (Å²) < 4.78 is 27.8. The fourth-order valence-corrected chi connectivity index (χ4v) is 5.09. The molecule has 0 amide bonds. The topological polar surface area (TPSA) is 39.1 Å². The Labute approximate surface area is 148 Å². The molecule has 0 saturated heterocycles. The Balaban J connectivity index is 2.01. The van der Waals surface area contributed by atoms with Gasteiger partial charge in [-0.2, -0.15) is 0 Å². The van der Waals surface area contributed by atoms with Crippen LogP contribution in [-0.4, -0.2) is 12.4 Å². The Morgan fingerprint density at radius 1 is 1.12 bits per heavy atom. The van der Waals surface area contributed by atoms with Crippen molar-refractivity contribution >= 4 is 27.0 Å². The Bertz CT molecular complexity index is 1060. The molecule has 2 aromatic carbocycles. The molecule has 0 spiro atoms. The predicted octanol–water partition coefficient (Wildman–Crippen LogP) is 4.79. The van der Waals surface area contributed by atoms with Gasteiger partial charge in [0.1, 0.15) is 0 Å². The molecule has 1 aliphatic rings. The van der Waals surface area contributed by atoms with Gasteiger partial charge in [-0.3, -0.25) is 0 Å². The maximum Gasteiger partial charge on any atom is 0.268 e. The maximum atomic E-state index is 13.2. The molecule has 0 atom stereocenters. The van der Waals surface area contributed by atoms with Crippen molar-refractivity contribution in [1.29, 1.82) is 0 Å². The molecule has 0 unspecified atom stereocenters. The van der Waals surface area contributed by atoms with Crippen molar-refractivity contribution in [2.75, 3.05) is 0 Å². The summed E-state index contributed by atoms with van der Waals surface area (Å²) in [6.07, 6.45) is 9.95. The van der Waals surface area contributed by atoms with Crippen molar-refractivity contribution in [3.8, 4) is 0 Å². The molecule has 0 N–H and O–H groups in total. The summed E-state index contributed by atoms with van der Waals surface area (Å²) in [6, 6.07) is 12.8. The minimum atomic E-state index is -3.59. The first-order chi connectivity index (χ1) is 12.1. The second kappa shape index (κ2) is 6.19. The van der Waals surface area contributed by atoms with E-state index < -0.39 is 10.0 Å². The van der Waals surface area contributed by atoms with Gasteiger partial charge in [0.05, 0.1) is 10.4 Å². The first kappa shape index (κ1) is 16.2. The number of hydrogen-bond acceptors (Lipinski definition) is 2. The van der Waals surface area contributed by atoms with Gasteiger partial charge in [-0.1, -0.05) is 43.3 Å². The van der Waals surface area contributed by atoms with E-state index in [1.165, 1.54) is 15.1 Å². The van der Waals surface area contributed by atoms with Gasteiger partial charge in [-0.25, -0.2) is 12.4 Å². The van der Waals surface area contributed by atoms with E-state index in [4.69, 9.17) is 0 Å². The third-order valence-electron chi connectivity index (χ3n) is 4.87. The minimum Gasteiger partial charge on any atom is -0.241 e. The van der Waals surface area contributed by atoms with Crippen molar-refractivity contribution in [2.24, 2.45) is 0 Å². The van der Waals surface area contributed by atoms with E-state index in [0.717, 1.165) is 42.1 Å². The SMILES string of the molecule is CC/C=C/c1cc2c(c3c1ccn3S(=O)(=O)c1ccccc1)CCC2. The molecule has 0 fully saturated rings. The Hall–Kier alpha value is -2.33. The van der Waals surface area contributed by atoms with Crippen LogP contribution < -0.4 is 0 Å². The van der Waals surface area contributed by atoms with Gasteiger partial charge in [-0.05, 0) is 60.6 Å². The molecule has 3 aromatic rings. The summed E-state index contributed by atoms with van der Waals surface area (Å²) in [5.41, 5.74) is 4.44. The van der Waals surface area contributed by atoms with Crippen LogP contribution >= 0.6 is 0 Å². The molecule has 0 saturated carbocycles. The zero-order chi connectivity index (χ0) is 17.4. The van der Waals surface area contributed by atoms with Crippen LogP contribution in [0.4, 0.5) is 0 Å². The number of allylic oxidation sites excluding steroid dienone is 1. The molecule has 0 bridgehead atoms. The number of aryl methyl sites for hydroxylation is 2. The van der Waals surface area contributed by atoms with Crippen LogP contribution in [-0.2, 0) is 22.9 Å². The zero-order valence-corrected chi connectivity index (χ0v) is 15.1. The summed E-state index contributed by atoms with van der Waals surface area (Å²) in [7, 11) is -3.59. The minimum absolute atomic E-state index is 0.328. The van der Waals surface area contributed by atoms with E-state index in [1.807, 2.05) is 12.1 Å². The predicted molar refractivity (Wildman–Crippen MR) is 102 cm³/mol. The fourth-order valence-electron chi connectivity index (χ4n) is 3.69. The highest BCUT2D eigenvalue weighted by atomic mass is 32.2. The number of benzene rings is 2. The highest BCUT2D eigenvalue weighted by molar-refractivity contribution is 7.90. The van der Waals surface area contributed by atoms with Gasteiger partial charge < -0.3 is 0 Å². The molecule has 0 aliphatic heterocycles. The normalized spacial score (nSPS) is 14.4. The van der Waals surface area contributed by atoms with Crippen LogP contribution in [0.2, 0.25) is 0 Å². The van der Waals surface area contributed by atoms with E-state index in [-0.39, 0.29) is 0 Å². The monoisotopic (exact) mass is 351 g/mol. The lowest BCUT2D eigenvalue weighted by molar-refractivity contribution is 0.589. The molecule has 4 heteroatoms. The largest absolute Gasteiger partial charge is 0.268 e. The van der Waals surface area contributed by atoms with E-state index in [1.54, 1.807) is 30.5 Å². The van der Waals surface area contributed by atoms with Gasteiger partial charge in [0.25, 0.3) is 10.0 Å². The summed E-state index contributed by atoms with van der Waals surface area (Å²) in [4.78, 5) is 0.328. The summed E-state index contributed by atoms with van der Waals surface area (Å²) >= 11 is 0. The van der Waals surface area contributed by atoms with Gasteiger partial charge >= 0.3 is 0 Å². The molecule has 128 valence electrons. The first-order valence-corrected chi connectivity index (χ1v) is 10.2. The summed E-state index contributed by atoms with van der Waals surface area (Å²) in [5, 5.41) is 1.02.